The third kappa shape index (κ3) is 33.6. The van der Waals surface area contributed by atoms with E-state index in [0.29, 0.717) is 30.9 Å². The largest absolute Gasteiger partial charge is 0.472 e. The quantitative estimate of drug-likeness (QED) is 0.0197. The standard InChI is InChI=1S/C51H96N3O10PS/c1-3-5-7-9-11-13-15-17-19-21-23-25-27-29-31-37-48(56)61-41-44(64-49(57)38-32-30-28-26-24-22-20-18-16-14-12-10-8-6-4-2)42-63-65(59,60)62-40-39-52-47(55)36-34-33-35-46-50-45(43-66-46)53-51(58)54-50/h44-46,50H,3-43H2,1-2H3,(H,52,55)(H,59,60)(H2,53,54,58)/t44-,45+,46+,50+/m1/s1. The van der Waals surface area contributed by atoms with Crippen LogP contribution in [0.15, 0.2) is 0 Å². The van der Waals surface area contributed by atoms with Gasteiger partial charge in [0, 0.05) is 36.8 Å². The highest BCUT2D eigenvalue weighted by Gasteiger charge is 2.42. The van der Waals surface area contributed by atoms with Crippen LogP contribution in [-0.4, -0.2) is 84.3 Å². The maximum Gasteiger partial charge on any atom is 0.472 e. The van der Waals surface area contributed by atoms with Crippen molar-refractivity contribution in [2.24, 2.45) is 0 Å². The summed E-state index contributed by atoms with van der Waals surface area (Å²) < 4.78 is 34.1. The molecule has 66 heavy (non-hydrogen) atoms. The number of carbonyl (C=O) groups is 4. The summed E-state index contributed by atoms with van der Waals surface area (Å²) in [4.78, 5) is 59.8. The summed E-state index contributed by atoms with van der Waals surface area (Å²) in [5, 5.41) is 8.95. The second-order valence-electron chi connectivity index (χ2n) is 19.0. The molecule has 0 spiro atoms. The fourth-order valence-electron chi connectivity index (χ4n) is 8.83. The van der Waals surface area contributed by atoms with Gasteiger partial charge in [0.15, 0.2) is 6.10 Å². The first kappa shape index (κ1) is 60.3. The number of rotatable bonds is 47. The molecule has 0 aromatic carbocycles. The number of nitrogens with one attached hydrogen (secondary N) is 3. The fourth-order valence-corrected chi connectivity index (χ4v) is 11.1. The number of thioether (sulfide) groups is 1. The molecular formula is C51H96N3O10PS. The van der Waals surface area contributed by atoms with Gasteiger partial charge in [-0.2, -0.15) is 11.8 Å². The van der Waals surface area contributed by atoms with Crippen LogP contribution in [0.4, 0.5) is 4.79 Å². The van der Waals surface area contributed by atoms with E-state index in [9.17, 15) is 28.6 Å². The number of esters is 2. The lowest BCUT2D eigenvalue weighted by atomic mass is 10.0. The number of urea groups is 1. The molecule has 2 aliphatic heterocycles. The number of hydrogen-bond acceptors (Lipinski definition) is 10. The van der Waals surface area contributed by atoms with Crippen LogP contribution in [-0.2, 0) is 37.5 Å². The van der Waals surface area contributed by atoms with Gasteiger partial charge in [0.2, 0.25) is 5.91 Å². The molecule has 4 N–H and O–H groups in total. The molecule has 386 valence electrons. The van der Waals surface area contributed by atoms with Crippen molar-refractivity contribution >= 4 is 43.5 Å². The third-order valence-corrected chi connectivity index (χ3v) is 15.4. The summed E-state index contributed by atoms with van der Waals surface area (Å²) in [6.45, 7) is 3.49. The smallest absolute Gasteiger partial charge is 0.462 e. The minimum absolute atomic E-state index is 0.0151. The van der Waals surface area contributed by atoms with E-state index in [1.807, 2.05) is 11.8 Å². The Hall–Kier alpha value is -1.86. The summed E-state index contributed by atoms with van der Waals surface area (Å²) >= 11 is 1.84. The van der Waals surface area contributed by atoms with E-state index in [0.717, 1.165) is 50.7 Å². The van der Waals surface area contributed by atoms with Crippen molar-refractivity contribution in [3.05, 3.63) is 0 Å². The molecule has 0 aromatic heterocycles. The summed E-state index contributed by atoms with van der Waals surface area (Å²) in [5.74, 6) is -0.169. The van der Waals surface area contributed by atoms with Crippen LogP contribution in [0.2, 0.25) is 0 Å². The normalized spacial score (nSPS) is 18.0. The molecule has 2 heterocycles. The predicted molar refractivity (Wildman–Crippen MR) is 269 cm³/mol. The molecule has 0 bridgehead atoms. The van der Waals surface area contributed by atoms with Crippen LogP contribution < -0.4 is 16.0 Å². The van der Waals surface area contributed by atoms with Crippen LogP contribution in [0.25, 0.3) is 0 Å². The van der Waals surface area contributed by atoms with Gasteiger partial charge in [-0.05, 0) is 25.7 Å². The molecule has 2 fully saturated rings. The lowest BCUT2D eigenvalue weighted by Gasteiger charge is -2.20. The number of phosphoric acid groups is 1. The van der Waals surface area contributed by atoms with Gasteiger partial charge in [-0.1, -0.05) is 200 Å². The van der Waals surface area contributed by atoms with E-state index in [-0.39, 0.29) is 56.6 Å². The van der Waals surface area contributed by atoms with Gasteiger partial charge in [0.1, 0.15) is 6.61 Å². The molecule has 2 rings (SSSR count). The van der Waals surface area contributed by atoms with Crippen LogP contribution >= 0.6 is 19.6 Å². The Labute approximate surface area is 405 Å². The zero-order valence-corrected chi connectivity index (χ0v) is 43.5. The molecule has 13 nitrogen and oxygen atoms in total. The van der Waals surface area contributed by atoms with Crippen LogP contribution in [0.3, 0.4) is 0 Å². The van der Waals surface area contributed by atoms with Gasteiger partial charge in [0.25, 0.3) is 0 Å². The highest BCUT2D eigenvalue weighted by Crippen LogP contribution is 2.43. The summed E-state index contributed by atoms with van der Waals surface area (Å²) in [5.41, 5.74) is 0. The Morgan fingerprint density at radius 3 is 1.58 bits per heavy atom. The Kier molecular flexibility index (Phi) is 37.4. The first-order valence-electron chi connectivity index (χ1n) is 27.1. The molecule has 5 atom stereocenters. The summed E-state index contributed by atoms with van der Waals surface area (Å²) in [6, 6.07) is 0.201. The molecule has 3 amide bonds. The van der Waals surface area contributed by atoms with Crippen LogP contribution in [0.1, 0.15) is 245 Å². The van der Waals surface area contributed by atoms with Gasteiger partial charge in [-0.25, -0.2) is 9.36 Å². The summed E-state index contributed by atoms with van der Waals surface area (Å²) in [7, 11) is -4.57. The Morgan fingerprint density at radius 1 is 0.621 bits per heavy atom. The van der Waals surface area contributed by atoms with Crippen LogP contribution in [0, 0.1) is 0 Å². The predicted octanol–water partition coefficient (Wildman–Crippen LogP) is 12.9. The number of carbonyl (C=O) groups excluding carboxylic acids is 4. The van der Waals surface area contributed by atoms with E-state index in [2.05, 4.69) is 29.8 Å². The average molecular weight is 974 g/mol. The van der Waals surface area contributed by atoms with Crippen molar-refractivity contribution in [2.45, 2.75) is 268 Å². The van der Waals surface area contributed by atoms with Gasteiger partial charge in [-0.15, -0.1) is 0 Å². The van der Waals surface area contributed by atoms with Crippen molar-refractivity contribution in [1.29, 1.82) is 0 Å². The van der Waals surface area contributed by atoms with E-state index >= 15 is 0 Å². The minimum Gasteiger partial charge on any atom is -0.462 e. The van der Waals surface area contributed by atoms with E-state index < -0.39 is 32.5 Å². The number of phosphoric ester groups is 1. The SMILES string of the molecule is CCCCCCCCCCCCCCCCCC(=O)OC[C@H](COP(=O)(O)OCCNC(=O)CCCC[C@@H]1SC[C@@H]2NC(=O)N[C@@H]21)OC(=O)CCCCCCCCCCCCCCCCC. The molecule has 2 saturated heterocycles. The van der Waals surface area contributed by atoms with Crippen LogP contribution in [0.5, 0.6) is 0 Å². The van der Waals surface area contributed by atoms with E-state index in [4.69, 9.17) is 18.5 Å². The molecule has 1 unspecified atom stereocenters. The molecule has 2 aliphatic rings. The lowest BCUT2D eigenvalue weighted by molar-refractivity contribution is -0.161. The Morgan fingerprint density at radius 2 is 1.08 bits per heavy atom. The number of unbranched alkanes of at least 4 members (excludes halogenated alkanes) is 29. The van der Waals surface area contributed by atoms with Gasteiger partial charge < -0.3 is 30.3 Å². The molecular weight excluding hydrogens is 878 g/mol. The Bertz CT molecular complexity index is 1300. The molecule has 15 heteroatoms. The molecule has 0 aromatic rings. The van der Waals surface area contributed by atoms with Crippen molar-refractivity contribution in [2.75, 3.05) is 32.1 Å². The zero-order chi connectivity index (χ0) is 47.8. The summed E-state index contributed by atoms with van der Waals surface area (Å²) in [6.07, 6.45) is 39.0. The van der Waals surface area contributed by atoms with E-state index in [1.165, 1.54) is 148 Å². The van der Waals surface area contributed by atoms with Crippen molar-refractivity contribution in [1.82, 2.24) is 16.0 Å². The fraction of sp³-hybridized carbons (Fsp3) is 0.922. The lowest BCUT2D eigenvalue weighted by Crippen LogP contribution is -2.36. The van der Waals surface area contributed by atoms with Crippen molar-refractivity contribution in [3.63, 3.8) is 0 Å². The molecule has 0 aliphatic carbocycles. The number of fused-ring (bicyclic) bond motifs is 1. The van der Waals surface area contributed by atoms with Gasteiger partial charge in [-0.3, -0.25) is 23.4 Å². The third-order valence-electron chi connectivity index (χ3n) is 12.9. The first-order valence-corrected chi connectivity index (χ1v) is 29.6. The zero-order valence-electron chi connectivity index (χ0n) is 41.8. The minimum atomic E-state index is -4.57. The number of hydrogen-bond donors (Lipinski definition) is 4. The van der Waals surface area contributed by atoms with Gasteiger partial charge >= 0.3 is 25.8 Å². The second kappa shape index (κ2) is 41.0. The van der Waals surface area contributed by atoms with E-state index in [1.54, 1.807) is 0 Å². The topological polar surface area (TPSA) is 179 Å². The Balaban J connectivity index is 1.62. The molecule has 0 saturated carbocycles. The van der Waals surface area contributed by atoms with Crippen molar-refractivity contribution < 1.29 is 47.2 Å². The maximum atomic E-state index is 12.8. The monoisotopic (exact) mass is 974 g/mol. The second-order valence-corrected chi connectivity index (χ2v) is 21.7. The maximum absolute atomic E-state index is 12.8. The highest BCUT2D eigenvalue weighted by atomic mass is 32.2. The van der Waals surface area contributed by atoms with Gasteiger partial charge in [0.05, 0.1) is 25.3 Å². The average Bonchev–Trinajstić information content (AvgIpc) is 3.86. The van der Waals surface area contributed by atoms with Crippen molar-refractivity contribution in [3.8, 4) is 0 Å². The number of ether oxygens (including phenoxy) is 2. The highest BCUT2D eigenvalue weighted by molar-refractivity contribution is 8.00. The molecule has 0 radical (unpaired) electrons. The first-order chi connectivity index (χ1) is 32.1. The number of amides is 3.